The van der Waals surface area contributed by atoms with E-state index in [2.05, 4.69) is 22.1 Å². The summed E-state index contributed by atoms with van der Waals surface area (Å²) in [5.41, 5.74) is 9.39. The van der Waals surface area contributed by atoms with E-state index in [4.69, 9.17) is 15.5 Å². The van der Waals surface area contributed by atoms with Crippen molar-refractivity contribution in [1.29, 1.82) is 0 Å². The smallest absolute Gasteiger partial charge is 0.357 e. The van der Waals surface area contributed by atoms with Crippen molar-refractivity contribution in [1.82, 2.24) is 15.0 Å². The lowest BCUT2D eigenvalue weighted by molar-refractivity contribution is 0.0520. The van der Waals surface area contributed by atoms with Crippen molar-refractivity contribution in [2.45, 2.75) is 19.4 Å². The van der Waals surface area contributed by atoms with Gasteiger partial charge >= 0.3 is 5.97 Å². The van der Waals surface area contributed by atoms with Gasteiger partial charge in [-0.25, -0.2) is 19.7 Å². The molecule has 0 amide bonds. The lowest BCUT2D eigenvalue weighted by atomic mass is 10.1. The quantitative estimate of drug-likeness (QED) is 0.413. The molecule has 0 aliphatic heterocycles. The van der Waals surface area contributed by atoms with Gasteiger partial charge in [-0.15, -0.1) is 34.0 Å². The minimum atomic E-state index is -0.415. The average molecular weight is 443 g/mol. The Bertz CT molecular complexity index is 1100. The zero-order valence-electron chi connectivity index (χ0n) is 15.6. The molecular formula is C20H18N4O2S3. The molecule has 3 aromatic heterocycles. The molecule has 1 aromatic carbocycles. The van der Waals surface area contributed by atoms with E-state index < -0.39 is 5.97 Å². The summed E-state index contributed by atoms with van der Waals surface area (Å²) < 4.78 is 4.99. The van der Waals surface area contributed by atoms with Crippen LogP contribution in [0.2, 0.25) is 0 Å². The Morgan fingerprint density at radius 2 is 1.69 bits per heavy atom. The maximum atomic E-state index is 11.8. The number of benzene rings is 1. The third-order valence-corrected chi connectivity index (χ3v) is 6.77. The Balaban J connectivity index is 1.48. The second-order valence-corrected chi connectivity index (χ2v) is 8.77. The van der Waals surface area contributed by atoms with Crippen LogP contribution >= 0.6 is 34.0 Å². The predicted molar refractivity (Wildman–Crippen MR) is 117 cm³/mol. The number of nitrogens with zero attached hydrogens (tertiary/aromatic N) is 3. The molecule has 0 saturated heterocycles. The molecule has 3 heterocycles. The maximum Gasteiger partial charge on any atom is 0.357 e. The SMILES string of the molecule is CCOC(=O)c1csc(-c2csc(-c3csc([C@@H](N)Cc4ccccc4)n3)n2)n1. The minimum Gasteiger partial charge on any atom is -0.461 e. The van der Waals surface area contributed by atoms with E-state index in [0.717, 1.165) is 27.8 Å². The van der Waals surface area contributed by atoms with E-state index in [1.165, 1.54) is 28.2 Å². The fraction of sp³-hybridized carbons (Fsp3) is 0.200. The summed E-state index contributed by atoms with van der Waals surface area (Å²) in [6.45, 7) is 2.09. The normalized spacial score (nSPS) is 12.1. The number of thiazole rings is 3. The van der Waals surface area contributed by atoms with Crippen LogP contribution in [0.25, 0.3) is 21.4 Å². The van der Waals surface area contributed by atoms with Gasteiger partial charge in [-0.2, -0.15) is 0 Å². The summed E-state index contributed by atoms with van der Waals surface area (Å²) in [6, 6.07) is 10.0. The van der Waals surface area contributed by atoms with E-state index in [0.29, 0.717) is 17.3 Å². The third kappa shape index (κ3) is 4.59. The first-order chi connectivity index (χ1) is 14.1. The average Bonchev–Trinajstić information content (AvgIpc) is 3.48. The highest BCUT2D eigenvalue weighted by molar-refractivity contribution is 7.16. The van der Waals surface area contributed by atoms with Crippen molar-refractivity contribution in [2.75, 3.05) is 6.61 Å². The number of carbonyl (C=O) groups is 1. The van der Waals surface area contributed by atoms with Crippen LogP contribution in [0.5, 0.6) is 0 Å². The van der Waals surface area contributed by atoms with Crippen LogP contribution in [0.3, 0.4) is 0 Å². The summed E-state index contributed by atoms with van der Waals surface area (Å²) in [4.78, 5) is 25.5. The number of hydrogen-bond donors (Lipinski definition) is 1. The van der Waals surface area contributed by atoms with Crippen LogP contribution in [0.1, 0.15) is 34.0 Å². The Hall–Kier alpha value is -2.46. The molecule has 0 spiro atoms. The second kappa shape index (κ2) is 8.91. The first kappa shape index (κ1) is 19.8. The summed E-state index contributed by atoms with van der Waals surface area (Å²) in [5.74, 6) is -0.415. The van der Waals surface area contributed by atoms with Crippen LogP contribution in [0, 0.1) is 0 Å². The number of ether oxygens (including phenoxy) is 1. The van der Waals surface area contributed by atoms with Gasteiger partial charge in [0.25, 0.3) is 0 Å². The largest absolute Gasteiger partial charge is 0.461 e. The Labute approximate surface area is 180 Å². The summed E-state index contributed by atoms with van der Waals surface area (Å²) in [7, 11) is 0. The fourth-order valence-electron chi connectivity index (χ4n) is 2.69. The zero-order chi connectivity index (χ0) is 20.2. The molecule has 6 nitrogen and oxygen atoms in total. The monoisotopic (exact) mass is 442 g/mol. The molecule has 4 aromatic rings. The predicted octanol–water partition coefficient (Wildman–Crippen LogP) is 4.81. The van der Waals surface area contributed by atoms with Crippen LogP contribution < -0.4 is 5.73 Å². The highest BCUT2D eigenvalue weighted by Gasteiger charge is 2.17. The van der Waals surface area contributed by atoms with Crippen molar-refractivity contribution < 1.29 is 9.53 Å². The van der Waals surface area contributed by atoms with Crippen molar-refractivity contribution in [3.8, 4) is 21.4 Å². The summed E-state index contributed by atoms with van der Waals surface area (Å²) in [6.07, 6.45) is 0.743. The first-order valence-electron chi connectivity index (χ1n) is 8.98. The van der Waals surface area contributed by atoms with Crippen LogP contribution in [-0.4, -0.2) is 27.5 Å². The Morgan fingerprint density at radius 1 is 1.00 bits per heavy atom. The van der Waals surface area contributed by atoms with Crippen LogP contribution in [0.4, 0.5) is 0 Å². The molecule has 0 fully saturated rings. The van der Waals surface area contributed by atoms with E-state index in [-0.39, 0.29) is 6.04 Å². The van der Waals surface area contributed by atoms with Crippen LogP contribution in [0.15, 0.2) is 46.5 Å². The number of rotatable bonds is 7. The van der Waals surface area contributed by atoms with Gasteiger partial charge in [0.2, 0.25) is 0 Å². The molecule has 0 bridgehead atoms. The fourth-order valence-corrected chi connectivity index (χ4v) is 5.16. The maximum absolute atomic E-state index is 11.8. The number of hydrogen-bond acceptors (Lipinski definition) is 9. The van der Waals surface area contributed by atoms with Gasteiger partial charge in [0.15, 0.2) is 5.69 Å². The molecule has 0 radical (unpaired) electrons. The highest BCUT2D eigenvalue weighted by Crippen LogP contribution is 2.32. The van der Waals surface area contributed by atoms with Gasteiger partial charge in [-0.3, -0.25) is 0 Å². The molecule has 0 saturated carbocycles. The zero-order valence-corrected chi connectivity index (χ0v) is 18.0. The lowest BCUT2D eigenvalue weighted by Crippen LogP contribution is -2.12. The number of esters is 1. The Morgan fingerprint density at radius 3 is 2.48 bits per heavy atom. The standard InChI is InChI=1S/C20H18N4O2S3/c1-2-26-20(25)16-11-29-19(24-16)15-10-28-18(23-15)14-9-27-17(22-14)13(21)8-12-6-4-3-5-7-12/h3-7,9-11,13H,2,8,21H2,1H3/t13-/m0/s1. The molecule has 4 rings (SSSR count). The van der Waals surface area contributed by atoms with Gasteiger partial charge in [0.1, 0.15) is 26.4 Å². The lowest BCUT2D eigenvalue weighted by Gasteiger charge is -2.07. The molecule has 148 valence electrons. The van der Waals surface area contributed by atoms with Crippen molar-refractivity contribution in [3.63, 3.8) is 0 Å². The molecule has 0 aliphatic carbocycles. The molecule has 1 atom stereocenters. The molecular weight excluding hydrogens is 424 g/mol. The van der Waals surface area contributed by atoms with E-state index in [1.54, 1.807) is 23.6 Å². The highest BCUT2D eigenvalue weighted by atomic mass is 32.1. The number of nitrogens with two attached hydrogens (primary N) is 1. The Kier molecular flexibility index (Phi) is 6.10. The molecule has 9 heteroatoms. The van der Waals surface area contributed by atoms with Gasteiger partial charge < -0.3 is 10.5 Å². The van der Waals surface area contributed by atoms with Crippen molar-refractivity contribution in [2.24, 2.45) is 5.73 Å². The van der Waals surface area contributed by atoms with E-state index in [9.17, 15) is 4.79 Å². The van der Waals surface area contributed by atoms with Gasteiger partial charge in [0.05, 0.1) is 12.6 Å². The summed E-state index contributed by atoms with van der Waals surface area (Å²) in [5, 5.41) is 7.98. The second-order valence-electron chi connectivity index (χ2n) is 6.16. The van der Waals surface area contributed by atoms with Gasteiger partial charge in [-0.1, -0.05) is 30.3 Å². The molecule has 0 aliphatic rings. The topological polar surface area (TPSA) is 91.0 Å². The van der Waals surface area contributed by atoms with E-state index in [1.807, 2.05) is 29.0 Å². The van der Waals surface area contributed by atoms with Gasteiger partial charge in [-0.05, 0) is 18.9 Å². The van der Waals surface area contributed by atoms with E-state index >= 15 is 0 Å². The number of carbonyl (C=O) groups excluding carboxylic acids is 1. The molecule has 0 unspecified atom stereocenters. The molecule has 2 N–H and O–H groups in total. The first-order valence-corrected chi connectivity index (χ1v) is 11.6. The van der Waals surface area contributed by atoms with Crippen molar-refractivity contribution >= 4 is 40.0 Å². The number of aromatic nitrogens is 3. The molecule has 29 heavy (non-hydrogen) atoms. The third-order valence-electron chi connectivity index (χ3n) is 4.07. The van der Waals surface area contributed by atoms with Crippen molar-refractivity contribution in [3.05, 3.63) is 62.7 Å². The van der Waals surface area contributed by atoms with Gasteiger partial charge in [0, 0.05) is 16.1 Å². The van der Waals surface area contributed by atoms with Crippen LogP contribution in [-0.2, 0) is 11.2 Å². The summed E-state index contributed by atoms with van der Waals surface area (Å²) >= 11 is 4.41. The minimum absolute atomic E-state index is 0.151.